The van der Waals surface area contributed by atoms with Crippen LogP contribution < -0.4 is 5.32 Å². The summed E-state index contributed by atoms with van der Waals surface area (Å²) in [5, 5.41) is 12.2. The molecule has 4 unspecified atom stereocenters. The number of hydrogen-bond acceptors (Lipinski definition) is 2. The van der Waals surface area contributed by atoms with Crippen LogP contribution in [0.1, 0.15) is 44.9 Å². The molecule has 3 aliphatic carbocycles. The third-order valence-electron chi connectivity index (χ3n) is 5.03. The van der Waals surface area contributed by atoms with Crippen molar-refractivity contribution in [2.75, 3.05) is 0 Å². The van der Waals surface area contributed by atoms with Crippen LogP contribution in [0.5, 0.6) is 0 Å². The first-order valence-electron chi connectivity index (χ1n) is 7.18. The lowest BCUT2D eigenvalue weighted by Crippen LogP contribution is -2.46. The van der Waals surface area contributed by atoms with E-state index in [2.05, 4.69) is 5.32 Å². The second-order valence-electron chi connectivity index (χ2n) is 6.27. The summed E-state index contributed by atoms with van der Waals surface area (Å²) in [7, 11) is 0. The Hall–Kier alpha value is -1.06. The minimum Gasteiger partial charge on any atom is -0.481 e. The van der Waals surface area contributed by atoms with Crippen LogP contribution in [-0.4, -0.2) is 23.0 Å². The lowest BCUT2D eigenvalue weighted by molar-refractivity contribution is -0.144. The number of nitrogens with one attached hydrogen (secondary N) is 1. The molecule has 18 heavy (non-hydrogen) atoms. The molecule has 0 heterocycles. The average molecular weight is 251 g/mol. The highest BCUT2D eigenvalue weighted by molar-refractivity contribution is 5.80. The smallest absolute Gasteiger partial charge is 0.308 e. The molecule has 4 heteroatoms. The van der Waals surface area contributed by atoms with Crippen molar-refractivity contribution in [3.05, 3.63) is 0 Å². The van der Waals surface area contributed by atoms with Crippen molar-refractivity contribution >= 4 is 11.9 Å². The number of rotatable bonds is 3. The van der Waals surface area contributed by atoms with E-state index in [1.165, 1.54) is 6.42 Å². The maximum absolute atomic E-state index is 12.1. The van der Waals surface area contributed by atoms with Crippen LogP contribution in [0.2, 0.25) is 0 Å². The van der Waals surface area contributed by atoms with E-state index in [1.807, 2.05) is 0 Å². The van der Waals surface area contributed by atoms with Crippen LogP contribution in [0.15, 0.2) is 0 Å². The molecule has 0 aromatic rings. The first-order valence-corrected chi connectivity index (χ1v) is 7.18. The maximum atomic E-state index is 12.1. The minimum absolute atomic E-state index is 0.111. The van der Waals surface area contributed by atoms with Gasteiger partial charge in [-0.3, -0.25) is 9.59 Å². The van der Waals surface area contributed by atoms with Crippen LogP contribution in [0.4, 0.5) is 0 Å². The number of fused-ring (bicyclic) bond motifs is 1. The number of amides is 1. The fourth-order valence-corrected chi connectivity index (χ4v) is 3.83. The predicted molar refractivity (Wildman–Crippen MR) is 65.8 cm³/mol. The Labute approximate surface area is 107 Å². The van der Waals surface area contributed by atoms with Crippen molar-refractivity contribution in [1.82, 2.24) is 5.32 Å². The summed E-state index contributed by atoms with van der Waals surface area (Å²) < 4.78 is 0. The summed E-state index contributed by atoms with van der Waals surface area (Å²) >= 11 is 0. The Morgan fingerprint density at radius 3 is 2.33 bits per heavy atom. The summed E-state index contributed by atoms with van der Waals surface area (Å²) in [6.07, 6.45) is 6.90. The van der Waals surface area contributed by atoms with Gasteiger partial charge in [0, 0.05) is 12.0 Å². The molecule has 0 spiro atoms. The van der Waals surface area contributed by atoms with Crippen molar-refractivity contribution in [2.24, 2.45) is 23.7 Å². The van der Waals surface area contributed by atoms with E-state index in [-0.39, 0.29) is 23.8 Å². The number of carbonyl (C=O) groups is 2. The molecule has 0 saturated heterocycles. The highest BCUT2D eigenvalue weighted by atomic mass is 16.4. The molecular weight excluding hydrogens is 230 g/mol. The Bertz CT molecular complexity index is 358. The summed E-state index contributed by atoms with van der Waals surface area (Å²) in [6.45, 7) is 0. The molecule has 4 atom stereocenters. The molecule has 3 aliphatic rings. The van der Waals surface area contributed by atoms with Crippen LogP contribution >= 0.6 is 0 Å². The van der Waals surface area contributed by atoms with Gasteiger partial charge in [0.2, 0.25) is 5.91 Å². The second kappa shape index (κ2) is 4.56. The predicted octanol–water partition coefficient (Wildman–Crippen LogP) is 1.79. The SMILES string of the molecule is O=C(NC1CCCCC1C(=O)O)C1CC2CC2C1. The number of aliphatic carboxylic acids is 1. The molecule has 4 nitrogen and oxygen atoms in total. The monoisotopic (exact) mass is 251 g/mol. The van der Waals surface area contributed by atoms with Gasteiger partial charge in [-0.25, -0.2) is 0 Å². The third kappa shape index (κ3) is 2.25. The Morgan fingerprint density at radius 1 is 1.00 bits per heavy atom. The quantitative estimate of drug-likeness (QED) is 0.803. The van der Waals surface area contributed by atoms with E-state index in [9.17, 15) is 14.7 Å². The third-order valence-corrected chi connectivity index (χ3v) is 5.03. The van der Waals surface area contributed by atoms with E-state index in [4.69, 9.17) is 0 Å². The van der Waals surface area contributed by atoms with Gasteiger partial charge in [0.25, 0.3) is 0 Å². The Balaban J connectivity index is 1.56. The molecule has 0 radical (unpaired) electrons. The van der Waals surface area contributed by atoms with Gasteiger partial charge in [0.1, 0.15) is 0 Å². The molecule has 3 fully saturated rings. The largest absolute Gasteiger partial charge is 0.481 e. The van der Waals surface area contributed by atoms with Crippen molar-refractivity contribution in [1.29, 1.82) is 0 Å². The van der Waals surface area contributed by atoms with Crippen molar-refractivity contribution < 1.29 is 14.7 Å². The fourth-order valence-electron chi connectivity index (χ4n) is 3.83. The van der Waals surface area contributed by atoms with Crippen molar-refractivity contribution in [3.8, 4) is 0 Å². The van der Waals surface area contributed by atoms with E-state index in [1.54, 1.807) is 0 Å². The highest BCUT2D eigenvalue weighted by Crippen LogP contribution is 2.54. The van der Waals surface area contributed by atoms with Gasteiger partial charge >= 0.3 is 5.97 Å². The first-order chi connectivity index (χ1) is 8.65. The van der Waals surface area contributed by atoms with Crippen molar-refractivity contribution in [3.63, 3.8) is 0 Å². The zero-order valence-corrected chi connectivity index (χ0v) is 10.6. The number of hydrogen-bond donors (Lipinski definition) is 2. The van der Waals surface area contributed by atoms with E-state index in [0.29, 0.717) is 6.42 Å². The zero-order chi connectivity index (χ0) is 12.7. The maximum Gasteiger partial charge on any atom is 0.308 e. The molecule has 1 amide bonds. The fraction of sp³-hybridized carbons (Fsp3) is 0.857. The van der Waals surface area contributed by atoms with Crippen LogP contribution in [0.3, 0.4) is 0 Å². The van der Waals surface area contributed by atoms with Crippen molar-refractivity contribution in [2.45, 2.75) is 51.0 Å². The van der Waals surface area contributed by atoms with Gasteiger partial charge in [-0.2, -0.15) is 0 Å². The molecule has 0 aromatic carbocycles. The standard InChI is InChI=1S/C14H21NO3/c16-13(10-6-8-5-9(8)7-10)15-12-4-2-1-3-11(12)14(17)18/h8-12H,1-7H2,(H,15,16)(H,17,18). The molecule has 0 bridgehead atoms. The van der Waals surface area contributed by atoms with Gasteiger partial charge < -0.3 is 10.4 Å². The number of carboxylic acids is 1. The molecule has 0 aliphatic heterocycles. The minimum atomic E-state index is -0.755. The summed E-state index contributed by atoms with van der Waals surface area (Å²) in [6, 6.07) is -0.138. The topological polar surface area (TPSA) is 66.4 Å². The lowest BCUT2D eigenvalue weighted by atomic mass is 9.84. The first kappa shape index (κ1) is 12.0. The van der Waals surface area contributed by atoms with Crippen LogP contribution in [0, 0.1) is 23.7 Å². The summed E-state index contributed by atoms with van der Waals surface area (Å²) in [5.74, 6) is 0.725. The number of carbonyl (C=O) groups excluding carboxylic acids is 1. The molecule has 3 saturated carbocycles. The molecule has 3 rings (SSSR count). The van der Waals surface area contributed by atoms with Gasteiger partial charge in [0.05, 0.1) is 5.92 Å². The van der Waals surface area contributed by atoms with Gasteiger partial charge in [-0.1, -0.05) is 12.8 Å². The molecular formula is C14H21NO3. The Morgan fingerprint density at radius 2 is 1.67 bits per heavy atom. The molecule has 2 N–H and O–H groups in total. The second-order valence-corrected chi connectivity index (χ2v) is 6.27. The Kier molecular flexibility index (Phi) is 3.04. The summed E-state index contributed by atoms with van der Waals surface area (Å²) in [5.41, 5.74) is 0. The van der Waals surface area contributed by atoms with Crippen LogP contribution in [0.25, 0.3) is 0 Å². The van der Waals surface area contributed by atoms with E-state index in [0.717, 1.165) is 43.9 Å². The van der Waals surface area contributed by atoms with E-state index >= 15 is 0 Å². The van der Waals surface area contributed by atoms with Gasteiger partial charge in [0.15, 0.2) is 0 Å². The molecule has 0 aromatic heterocycles. The van der Waals surface area contributed by atoms with Gasteiger partial charge in [-0.05, 0) is 43.9 Å². The van der Waals surface area contributed by atoms with E-state index < -0.39 is 5.97 Å². The normalized spacial score (nSPS) is 42.1. The zero-order valence-electron chi connectivity index (χ0n) is 10.6. The average Bonchev–Trinajstić information content (AvgIpc) is 2.96. The number of carboxylic acid groups (broad SMARTS) is 1. The van der Waals surface area contributed by atoms with Crippen LogP contribution in [-0.2, 0) is 9.59 Å². The van der Waals surface area contributed by atoms with Gasteiger partial charge in [-0.15, -0.1) is 0 Å². The molecule has 100 valence electrons. The summed E-state index contributed by atoms with van der Waals surface area (Å²) in [4.78, 5) is 23.3. The lowest BCUT2D eigenvalue weighted by Gasteiger charge is -2.30. The highest BCUT2D eigenvalue weighted by Gasteiger charge is 2.48.